The Balaban J connectivity index is 2.00. The first-order valence-corrected chi connectivity index (χ1v) is 8.32. The highest BCUT2D eigenvalue weighted by atomic mass is 35.5. The van der Waals surface area contributed by atoms with Crippen LogP contribution < -0.4 is 10.7 Å². The maximum absolute atomic E-state index is 14.4. The van der Waals surface area contributed by atoms with Gasteiger partial charge in [-0.1, -0.05) is 29.4 Å². The summed E-state index contributed by atoms with van der Waals surface area (Å²) in [5, 5.41) is 18.8. The molecule has 2 heterocycles. The highest BCUT2D eigenvalue weighted by Crippen LogP contribution is 2.81. The quantitative estimate of drug-likeness (QED) is 0.768. The summed E-state index contributed by atoms with van der Waals surface area (Å²) >= 11 is 7.56. The van der Waals surface area contributed by atoms with Gasteiger partial charge in [0.15, 0.2) is 10.8 Å². The van der Waals surface area contributed by atoms with Crippen molar-refractivity contribution in [1.29, 1.82) is 10.5 Å². The van der Waals surface area contributed by atoms with Gasteiger partial charge in [0.2, 0.25) is 0 Å². The molecule has 2 fully saturated rings. The van der Waals surface area contributed by atoms with Gasteiger partial charge in [0.1, 0.15) is 5.82 Å². The highest BCUT2D eigenvalue weighted by molar-refractivity contribution is 8.00. The van der Waals surface area contributed by atoms with Crippen molar-refractivity contribution in [2.45, 2.75) is 11.0 Å². The maximum atomic E-state index is 14.4. The first-order valence-electron chi connectivity index (χ1n) is 6.96. The Hall–Kier alpha value is -1.80. The number of thioether (sulfide) groups is 1. The molecule has 3 aliphatic rings. The predicted molar refractivity (Wildman–Crippen MR) is 81.5 cm³/mol. The average Bonchev–Trinajstić information content (AvgIpc) is 2.77. The van der Waals surface area contributed by atoms with Crippen LogP contribution in [0.1, 0.15) is 11.5 Å². The van der Waals surface area contributed by atoms with Crippen LogP contribution in [-0.2, 0) is 4.74 Å². The van der Waals surface area contributed by atoms with Crippen molar-refractivity contribution in [2.75, 3.05) is 12.4 Å². The van der Waals surface area contributed by atoms with Gasteiger partial charge in [-0.05, 0) is 12.1 Å². The molecule has 2 aliphatic heterocycles. The van der Waals surface area contributed by atoms with Crippen molar-refractivity contribution >= 4 is 29.2 Å². The molecule has 0 bridgehead atoms. The molecule has 0 unspecified atom stereocenters. The summed E-state index contributed by atoms with van der Waals surface area (Å²) < 4.78 is 20.2. The monoisotopic (exact) mass is 349 g/mol. The van der Waals surface area contributed by atoms with Crippen LogP contribution in [0.15, 0.2) is 18.2 Å². The van der Waals surface area contributed by atoms with E-state index in [0.29, 0.717) is 12.4 Å². The van der Waals surface area contributed by atoms with Gasteiger partial charge in [0, 0.05) is 22.3 Å². The lowest BCUT2D eigenvalue weighted by Gasteiger charge is -2.24. The number of nitrogens with one attached hydrogen (secondary N) is 1. The molecule has 0 radical (unpaired) electrons. The number of amidine groups is 1. The molecule has 0 aromatic heterocycles. The lowest BCUT2D eigenvalue weighted by Crippen LogP contribution is -2.88. The smallest absolute Gasteiger partial charge is 0.277 e. The molecule has 1 saturated heterocycles. The summed E-state index contributed by atoms with van der Waals surface area (Å²) in [5.41, 5.74) is 3.56. The van der Waals surface area contributed by atoms with Crippen LogP contribution >= 0.6 is 23.4 Å². The molecule has 116 valence electrons. The minimum Gasteiger partial charge on any atom is -0.327 e. The second-order valence-corrected chi connectivity index (χ2v) is 7.44. The molecule has 1 aliphatic carbocycles. The number of hydrogen-bond acceptors (Lipinski definition) is 5. The van der Waals surface area contributed by atoms with Gasteiger partial charge in [-0.15, -0.1) is 0 Å². The van der Waals surface area contributed by atoms with Crippen molar-refractivity contribution in [3.8, 4) is 12.1 Å². The first-order chi connectivity index (χ1) is 11.0. The van der Waals surface area contributed by atoms with Crippen LogP contribution in [0.5, 0.6) is 0 Å². The van der Waals surface area contributed by atoms with E-state index in [9.17, 15) is 14.9 Å². The second-order valence-electron chi connectivity index (χ2n) is 5.76. The van der Waals surface area contributed by atoms with Crippen LogP contribution in [0.4, 0.5) is 4.39 Å². The number of benzene rings is 1. The number of rotatable bonds is 1. The predicted octanol–water partition coefficient (Wildman–Crippen LogP) is 0.465. The standard InChI is InChI=1S/C15H10ClFN4OS/c16-8-2-1-3-9(17)10(8)11-13(6-18)12(20)21-15(14(11,13)7-19)22-4-5-23-15/h1-3,11H,4-5H2,(H2,20,21)/p+1/t11-,13-,14-,15-/m1/s1. The first kappa shape index (κ1) is 14.8. The number of halogens is 2. The van der Waals surface area contributed by atoms with Gasteiger partial charge in [-0.3, -0.25) is 5.73 Å². The van der Waals surface area contributed by atoms with Crippen LogP contribution in [-0.4, -0.2) is 23.3 Å². The van der Waals surface area contributed by atoms with Crippen molar-refractivity contribution in [1.82, 2.24) is 0 Å². The Bertz CT molecular complexity index is 821. The number of ether oxygens (including phenoxy) is 1. The lowest BCUT2D eigenvalue weighted by molar-refractivity contribution is -0.583. The zero-order chi connectivity index (χ0) is 16.5. The number of nitrogens with zero attached hydrogens (tertiary/aromatic N) is 2. The summed E-state index contributed by atoms with van der Waals surface area (Å²) in [6.45, 7) is 0.424. The van der Waals surface area contributed by atoms with E-state index in [4.69, 9.17) is 22.1 Å². The van der Waals surface area contributed by atoms with Crippen molar-refractivity contribution in [3.63, 3.8) is 0 Å². The van der Waals surface area contributed by atoms with E-state index >= 15 is 0 Å². The number of hydrogen-bond donors (Lipinski definition) is 2. The molecule has 5 nitrogen and oxygen atoms in total. The van der Waals surface area contributed by atoms with Crippen LogP contribution in [0.3, 0.4) is 0 Å². The Morgan fingerprint density at radius 3 is 2.78 bits per heavy atom. The summed E-state index contributed by atoms with van der Waals surface area (Å²) in [6.07, 6.45) is 0. The molecule has 8 heteroatoms. The second kappa shape index (κ2) is 4.39. The SMILES string of the molecule is N#C[C@@]12[C@H](c3c(F)cccc3Cl)[C@]1(C#N)C(N)=[NH+][C@@]21OCCS1. The topological polar surface area (TPSA) is 96.8 Å². The highest BCUT2D eigenvalue weighted by Gasteiger charge is 2.97. The van der Waals surface area contributed by atoms with E-state index in [1.165, 1.54) is 23.9 Å². The molecule has 3 N–H and O–H groups in total. The maximum Gasteiger partial charge on any atom is 0.277 e. The van der Waals surface area contributed by atoms with Crippen LogP contribution in [0.25, 0.3) is 0 Å². The summed E-state index contributed by atoms with van der Waals surface area (Å²) in [7, 11) is 0. The fraction of sp³-hybridized carbons (Fsp3) is 0.400. The molecule has 1 spiro atoms. The van der Waals surface area contributed by atoms with Gasteiger partial charge in [0.05, 0.1) is 18.7 Å². The summed E-state index contributed by atoms with van der Waals surface area (Å²) in [4.78, 5) is 2.98. The zero-order valence-corrected chi connectivity index (χ0v) is 13.3. The van der Waals surface area contributed by atoms with Gasteiger partial charge in [-0.25, -0.2) is 9.38 Å². The largest absolute Gasteiger partial charge is 0.327 e. The van der Waals surface area contributed by atoms with E-state index in [1.807, 2.05) is 0 Å². The molecule has 1 aromatic carbocycles. The molecular weight excluding hydrogens is 339 g/mol. The van der Waals surface area contributed by atoms with Crippen molar-refractivity contribution in [3.05, 3.63) is 34.6 Å². The normalized spacial score (nSPS) is 40.3. The molecular formula is C15H11ClFN4OS+. The Kier molecular flexibility index (Phi) is 2.82. The molecule has 23 heavy (non-hydrogen) atoms. The Morgan fingerprint density at radius 2 is 2.22 bits per heavy atom. The molecule has 4 rings (SSSR count). The van der Waals surface area contributed by atoms with Crippen LogP contribution in [0.2, 0.25) is 5.02 Å². The average molecular weight is 350 g/mol. The molecule has 0 amide bonds. The molecule has 1 saturated carbocycles. The third-order valence-electron chi connectivity index (χ3n) is 4.98. The fourth-order valence-corrected chi connectivity index (χ4v) is 5.66. The van der Waals surface area contributed by atoms with Gasteiger partial charge < -0.3 is 4.74 Å². The van der Waals surface area contributed by atoms with Crippen LogP contribution in [0, 0.1) is 39.3 Å². The summed E-state index contributed by atoms with van der Waals surface area (Å²) in [6, 6.07) is 8.66. The minimum absolute atomic E-state index is 0.139. The summed E-state index contributed by atoms with van der Waals surface area (Å²) in [5.74, 6) is -0.527. The van der Waals surface area contributed by atoms with Gasteiger partial charge >= 0.3 is 0 Å². The van der Waals surface area contributed by atoms with E-state index in [-0.39, 0.29) is 16.4 Å². The third kappa shape index (κ3) is 1.36. The Morgan fingerprint density at radius 1 is 1.43 bits per heavy atom. The zero-order valence-electron chi connectivity index (χ0n) is 11.8. The number of nitrogens with two attached hydrogens (primary N) is 1. The molecule has 4 atom stereocenters. The lowest BCUT2D eigenvalue weighted by atomic mass is 9.95. The fourth-order valence-electron chi connectivity index (χ4n) is 4.04. The number of nitriles is 2. The third-order valence-corrected chi connectivity index (χ3v) is 6.63. The molecule has 1 aromatic rings. The van der Waals surface area contributed by atoms with E-state index in [1.54, 1.807) is 6.07 Å². The van der Waals surface area contributed by atoms with Gasteiger partial charge in [0.25, 0.3) is 10.9 Å². The van der Waals surface area contributed by atoms with Crippen molar-refractivity contribution < 1.29 is 14.1 Å². The van der Waals surface area contributed by atoms with Crippen molar-refractivity contribution in [2.24, 2.45) is 16.6 Å². The van der Waals surface area contributed by atoms with E-state index < -0.39 is 27.6 Å². The van der Waals surface area contributed by atoms with Gasteiger partial charge in [-0.2, -0.15) is 10.5 Å². The number of fused-ring (bicyclic) bond motifs is 2. The minimum atomic E-state index is -1.36. The van der Waals surface area contributed by atoms with E-state index in [0.717, 1.165) is 0 Å². The Labute approximate surface area is 140 Å². The van der Waals surface area contributed by atoms with E-state index in [2.05, 4.69) is 17.1 Å².